The molecule has 0 saturated carbocycles. The number of aromatic nitrogens is 1. The van der Waals surface area contributed by atoms with Gasteiger partial charge in [-0.2, -0.15) is 0 Å². The van der Waals surface area contributed by atoms with Crippen molar-refractivity contribution < 1.29 is 18.4 Å². The number of aromatic amines is 1. The molecule has 1 aromatic heterocycles. The number of hydrogen-bond donors (Lipinski definition) is 3. The minimum Gasteiger partial charge on any atom is -0.361 e. The van der Waals surface area contributed by atoms with Crippen molar-refractivity contribution in [1.82, 2.24) is 15.2 Å². The van der Waals surface area contributed by atoms with E-state index in [-0.39, 0.29) is 36.5 Å². The van der Waals surface area contributed by atoms with Crippen molar-refractivity contribution in [3.05, 3.63) is 70.6 Å². The highest BCUT2D eigenvalue weighted by molar-refractivity contribution is 6.30. The summed E-state index contributed by atoms with van der Waals surface area (Å²) in [5, 5.41) is 3.48. The Morgan fingerprint density at radius 2 is 2.00 bits per heavy atom. The van der Waals surface area contributed by atoms with Gasteiger partial charge in [-0.3, -0.25) is 9.59 Å². The van der Waals surface area contributed by atoms with Crippen molar-refractivity contribution in [2.75, 3.05) is 6.54 Å². The highest BCUT2D eigenvalue weighted by Crippen LogP contribution is 2.24. The van der Waals surface area contributed by atoms with Gasteiger partial charge in [0.15, 0.2) is 0 Å². The van der Waals surface area contributed by atoms with E-state index in [1.807, 2.05) is 24.3 Å². The first-order chi connectivity index (χ1) is 15.3. The van der Waals surface area contributed by atoms with Gasteiger partial charge < -0.3 is 20.9 Å². The molecule has 1 unspecified atom stereocenters. The summed E-state index contributed by atoms with van der Waals surface area (Å²) in [5.74, 6) is -1.68. The maximum absolute atomic E-state index is 14.2. The van der Waals surface area contributed by atoms with Crippen LogP contribution in [-0.2, 0) is 22.6 Å². The summed E-state index contributed by atoms with van der Waals surface area (Å²) in [6.45, 7) is -0.327. The first-order valence-corrected chi connectivity index (χ1v) is 10.7. The lowest BCUT2D eigenvalue weighted by molar-refractivity contribution is -0.139. The van der Waals surface area contributed by atoms with Crippen LogP contribution in [0.15, 0.2) is 48.7 Å². The third-order valence-corrected chi connectivity index (χ3v) is 6.04. The Labute approximate surface area is 188 Å². The lowest BCUT2D eigenvalue weighted by atomic mass is 10.0. The first-order valence-electron chi connectivity index (χ1n) is 10.3. The number of amides is 2. The summed E-state index contributed by atoms with van der Waals surface area (Å²) in [6.07, 6.45) is 0.579. The van der Waals surface area contributed by atoms with E-state index in [4.69, 9.17) is 17.3 Å². The molecule has 1 aliphatic rings. The summed E-state index contributed by atoms with van der Waals surface area (Å²) >= 11 is 5.76. The van der Waals surface area contributed by atoms with E-state index in [0.717, 1.165) is 16.5 Å². The Bertz CT molecular complexity index is 1150. The molecule has 1 saturated heterocycles. The van der Waals surface area contributed by atoms with Gasteiger partial charge in [0.2, 0.25) is 11.8 Å². The van der Waals surface area contributed by atoms with Crippen molar-refractivity contribution in [2.45, 2.75) is 37.6 Å². The molecule has 0 spiro atoms. The van der Waals surface area contributed by atoms with Gasteiger partial charge in [0.1, 0.15) is 18.0 Å². The Hall–Kier alpha value is -2.97. The number of para-hydroxylation sites is 1. The number of likely N-dealkylation sites (tertiary alicyclic amines) is 1. The minimum atomic E-state index is -1.34. The van der Waals surface area contributed by atoms with Crippen LogP contribution in [0.4, 0.5) is 8.78 Å². The Balaban J connectivity index is 1.43. The zero-order valence-corrected chi connectivity index (χ0v) is 17.9. The molecule has 9 heteroatoms. The molecular formula is C23H23ClF2N4O2. The largest absolute Gasteiger partial charge is 0.361 e. The number of carbonyl (C=O) groups is 2. The van der Waals surface area contributed by atoms with E-state index in [9.17, 15) is 18.4 Å². The highest BCUT2D eigenvalue weighted by atomic mass is 35.5. The second-order valence-electron chi connectivity index (χ2n) is 7.94. The Morgan fingerprint density at radius 3 is 2.81 bits per heavy atom. The fourth-order valence-corrected chi connectivity index (χ4v) is 4.29. The number of halogens is 3. The van der Waals surface area contributed by atoms with Gasteiger partial charge in [-0.1, -0.05) is 41.9 Å². The molecule has 3 aromatic rings. The first kappa shape index (κ1) is 22.2. The second-order valence-corrected chi connectivity index (χ2v) is 8.35. The molecule has 1 fully saturated rings. The summed E-state index contributed by atoms with van der Waals surface area (Å²) in [4.78, 5) is 30.0. The van der Waals surface area contributed by atoms with E-state index < -0.39 is 35.9 Å². The summed E-state index contributed by atoms with van der Waals surface area (Å²) in [6, 6.07) is 10.2. The van der Waals surface area contributed by atoms with E-state index in [2.05, 4.69) is 10.3 Å². The molecule has 6 nitrogen and oxygen atoms in total. The van der Waals surface area contributed by atoms with Gasteiger partial charge in [-0.25, -0.2) is 8.78 Å². The van der Waals surface area contributed by atoms with E-state index in [1.54, 1.807) is 12.3 Å². The molecule has 2 amide bonds. The number of carbonyl (C=O) groups excluding carboxylic acids is 2. The summed E-state index contributed by atoms with van der Waals surface area (Å²) in [7, 11) is 0. The van der Waals surface area contributed by atoms with Crippen molar-refractivity contribution in [3.8, 4) is 0 Å². The quantitative estimate of drug-likeness (QED) is 0.528. The average Bonchev–Trinajstić information content (AvgIpc) is 3.37. The van der Waals surface area contributed by atoms with Crippen molar-refractivity contribution in [3.63, 3.8) is 0 Å². The lowest BCUT2D eigenvalue weighted by Gasteiger charge is -2.26. The normalized spacial score (nSPS) is 19.3. The van der Waals surface area contributed by atoms with Gasteiger partial charge in [0.25, 0.3) is 0 Å². The van der Waals surface area contributed by atoms with Crippen molar-refractivity contribution in [1.29, 1.82) is 0 Å². The zero-order chi connectivity index (χ0) is 22.8. The molecule has 168 valence electrons. The number of hydrogen-bond acceptors (Lipinski definition) is 3. The van der Waals surface area contributed by atoms with Crippen LogP contribution in [0.25, 0.3) is 10.9 Å². The monoisotopic (exact) mass is 460 g/mol. The zero-order valence-electron chi connectivity index (χ0n) is 17.2. The molecule has 3 atom stereocenters. The third kappa shape index (κ3) is 4.47. The fourth-order valence-electron chi connectivity index (χ4n) is 4.10. The van der Waals surface area contributed by atoms with E-state index in [0.29, 0.717) is 0 Å². The second kappa shape index (κ2) is 9.26. The number of nitrogens with two attached hydrogens (primary N) is 1. The van der Waals surface area contributed by atoms with E-state index >= 15 is 0 Å². The van der Waals surface area contributed by atoms with Gasteiger partial charge in [0.05, 0.1) is 17.6 Å². The summed E-state index contributed by atoms with van der Waals surface area (Å²) in [5.41, 5.74) is 8.17. The number of fused-ring (bicyclic) bond motifs is 1. The molecule has 4 rings (SSSR count). The SMILES string of the molecule is NC(Cc1c[nH]c2ccccc12)C(=O)N1C[C@H](F)C[C@H]1C(=O)NCc1cccc(Cl)c1F. The van der Waals surface area contributed by atoms with Crippen LogP contribution in [0.5, 0.6) is 0 Å². The lowest BCUT2D eigenvalue weighted by Crippen LogP contribution is -2.51. The third-order valence-electron chi connectivity index (χ3n) is 5.75. The number of benzene rings is 2. The van der Waals surface area contributed by atoms with Crippen molar-refractivity contribution in [2.24, 2.45) is 5.73 Å². The van der Waals surface area contributed by atoms with Crippen molar-refractivity contribution >= 4 is 34.3 Å². The molecule has 2 aromatic carbocycles. The molecule has 1 aliphatic heterocycles. The Morgan fingerprint density at radius 1 is 1.22 bits per heavy atom. The smallest absolute Gasteiger partial charge is 0.243 e. The maximum Gasteiger partial charge on any atom is 0.243 e. The van der Waals surface area contributed by atoms with Crippen LogP contribution in [0.2, 0.25) is 5.02 Å². The van der Waals surface area contributed by atoms with Crippen LogP contribution < -0.4 is 11.1 Å². The highest BCUT2D eigenvalue weighted by Gasteiger charge is 2.41. The minimum absolute atomic E-state index is 0.0542. The van der Waals surface area contributed by atoms with E-state index in [1.165, 1.54) is 17.0 Å². The average molecular weight is 461 g/mol. The van der Waals surface area contributed by atoms with Crippen LogP contribution in [0.1, 0.15) is 17.5 Å². The number of H-pyrrole nitrogens is 1. The topological polar surface area (TPSA) is 91.2 Å². The van der Waals surface area contributed by atoms with Crippen LogP contribution in [0.3, 0.4) is 0 Å². The predicted molar refractivity (Wildman–Crippen MR) is 118 cm³/mol. The van der Waals surface area contributed by atoms with Crippen LogP contribution in [0, 0.1) is 5.82 Å². The fraction of sp³-hybridized carbons (Fsp3) is 0.304. The van der Waals surface area contributed by atoms with Gasteiger partial charge in [-0.15, -0.1) is 0 Å². The molecule has 32 heavy (non-hydrogen) atoms. The molecule has 2 heterocycles. The number of rotatable bonds is 6. The molecule has 0 bridgehead atoms. The molecule has 4 N–H and O–H groups in total. The van der Waals surface area contributed by atoms with Gasteiger partial charge in [0, 0.05) is 35.6 Å². The van der Waals surface area contributed by atoms with Crippen LogP contribution in [-0.4, -0.2) is 46.5 Å². The summed E-state index contributed by atoms with van der Waals surface area (Å²) < 4.78 is 28.2. The number of nitrogens with zero attached hydrogens (tertiary/aromatic N) is 1. The predicted octanol–water partition coefficient (Wildman–Crippen LogP) is 3.09. The maximum atomic E-state index is 14.2. The Kier molecular flexibility index (Phi) is 6.43. The molecule has 0 aliphatic carbocycles. The molecular weight excluding hydrogens is 438 g/mol. The standard InChI is InChI=1S/C23H23ClF2N4O2/c24-17-6-3-4-13(21(17)26)10-29-22(31)20-9-15(25)12-30(20)23(32)18(27)8-14-11-28-19-7-2-1-5-16(14)19/h1-7,11,15,18,20,28H,8-10,12,27H2,(H,29,31)/t15-,18?,20+/m1/s1. The van der Waals surface area contributed by atoms with Gasteiger partial charge >= 0.3 is 0 Å². The van der Waals surface area contributed by atoms with Crippen LogP contribution >= 0.6 is 11.6 Å². The number of nitrogens with one attached hydrogen (secondary N) is 2. The number of alkyl halides is 1. The molecule has 0 radical (unpaired) electrons. The van der Waals surface area contributed by atoms with Gasteiger partial charge in [-0.05, 0) is 24.1 Å².